The third-order valence-corrected chi connectivity index (χ3v) is 4.54. The number of hydrogen-bond donors (Lipinski definition) is 1. The number of nitrogens with one attached hydrogen (secondary N) is 1. The Balaban J connectivity index is 2.14. The molecule has 0 bridgehead atoms. The Morgan fingerprint density at radius 1 is 1.32 bits per heavy atom. The van der Waals surface area contributed by atoms with Gasteiger partial charge in [-0.05, 0) is 48.9 Å². The standard InChI is InChI=1S/C18H19ClN2O3S/c1-12(20-21-16-5-3-4-15(19)9-16)13-6-7-17(24-2)14(8-13)10-25-11-18(22)23/h3-9,21H,10-11H2,1-2H3,(H,22,23)/p-1/b20-12-. The SMILES string of the molecule is COc1ccc(/C(C)=N\Nc2cccc(Cl)c2)cc1CSCC(=O)[O-]. The van der Waals surface area contributed by atoms with Crippen molar-refractivity contribution >= 4 is 40.7 Å². The van der Waals surface area contributed by atoms with Gasteiger partial charge in [-0.15, -0.1) is 0 Å². The number of benzene rings is 2. The van der Waals surface area contributed by atoms with Gasteiger partial charge in [0.1, 0.15) is 5.75 Å². The summed E-state index contributed by atoms with van der Waals surface area (Å²) < 4.78 is 5.33. The molecule has 0 atom stereocenters. The van der Waals surface area contributed by atoms with Gasteiger partial charge in [0, 0.05) is 22.1 Å². The molecule has 7 heteroatoms. The maximum absolute atomic E-state index is 10.6. The van der Waals surface area contributed by atoms with Crippen LogP contribution in [-0.4, -0.2) is 24.5 Å². The summed E-state index contributed by atoms with van der Waals surface area (Å²) in [6.45, 7) is 1.89. The molecular formula is C18H18ClN2O3S-. The molecule has 5 nitrogen and oxygen atoms in total. The van der Waals surface area contributed by atoms with Crippen molar-refractivity contribution in [1.29, 1.82) is 0 Å². The summed E-state index contributed by atoms with van der Waals surface area (Å²) in [6, 6.07) is 13.0. The van der Waals surface area contributed by atoms with E-state index >= 15 is 0 Å². The van der Waals surface area contributed by atoms with E-state index in [2.05, 4.69) is 10.5 Å². The molecular weight excluding hydrogens is 360 g/mol. The number of carboxylic acid groups (broad SMARTS) is 1. The largest absolute Gasteiger partial charge is 0.549 e. The molecule has 0 aliphatic rings. The van der Waals surface area contributed by atoms with E-state index in [1.165, 1.54) is 11.8 Å². The lowest BCUT2D eigenvalue weighted by Gasteiger charge is -2.11. The van der Waals surface area contributed by atoms with Crippen LogP contribution >= 0.6 is 23.4 Å². The first kappa shape index (κ1) is 19.1. The Hall–Kier alpha value is -2.18. The van der Waals surface area contributed by atoms with E-state index in [4.69, 9.17) is 16.3 Å². The van der Waals surface area contributed by atoms with Gasteiger partial charge in [-0.2, -0.15) is 16.9 Å². The average molecular weight is 378 g/mol. The normalized spacial score (nSPS) is 11.2. The third-order valence-electron chi connectivity index (χ3n) is 3.35. The van der Waals surface area contributed by atoms with E-state index in [1.807, 2.05) is 37.3 Å². The molecule has 1 N–H and O–H groups in total. The highest BCUT2D eigenvalue weighted by Crippen LogP contribution is 2.25. The topological polar surface area (TPSA) is 73.8 Å². The highest BCUT2D eigenvalue weighted by molar-refractivity contribution is 7.99. The highest BCUT2D eigenvalue weighted by Gasteiger charge is 2.07. The number of rotatable bonds is 8. The van der Waals surface area contributed by atoms with E-state index in [1.54, 1.807) is 19.2 Å². The van der Waals surface area contributed by atoms with Crippen LogP contribution in [0, 0.1) is 0 Å². The van der Waals surface area contributed by atoms with E-state index in [9.17, 15) is 9.90 Å². The first-order valence-corrected chi connectivity index (χ1v) is 9.03. The van der Waals surface area contributed by atoms with Crippen LogP contribution in [0.25, 0.3) is 0 Å². The van der Waals surface area contributed by atoms with Crippen LogP contribution < -0.4 is 15.3 Å². The zero-order chi connectivity index (χ0) is 18.2. The van der Waals surface area contributed by atoms with Crippen molar-refractivity contribution in [2.45, 2.75) is 12.7 Å². The maximum atomic E-state index is 10.6. The first-order valence-electron chi connectivity index (χ1n) is 7.50. The maximum Gasteiger partial charge on any atom is 0.122 e. The number of carbonyl (C=O) groups is 1. The number of hydrazone groups is 1. The molecule has 25 heavy (non-hydrogen) atoms. The summed E-state index contributed by atoms with van der Waals surface area (Å²) in [4.78, 5) is 10.6. The number of halogens is 1. The molecule has 0 radical (unpaired) electrons. The molecule has 0 aromatic heterocycles. The predicted octanol–water partition coefficient (Wildman–Crippen LogP) is 3.17. The van der Waals surface area contributed by atoms with Gasteiger partial charge in [0.15, 0.2) is 0 Å². The summed E-state index contributed by atoms with van der Waals surface area (Å²) in [7, 11) is 1.59. The molecule has 0 spiro atoms. The number of ether oxygens (including phenoxy) is 1. The van der Waals surface area contributed by atoms with Gasteiger partial charge in [-0.25, -0.2) is 0 Å². The fourth-order valence-electron chi connectivity index (χ4n) is 2.13. The summed E-state index contributed by atoms with van der Waals surface area (Å²) in [5, 5.41) is 15.6. The molecule has 0 unspecified atom stereocenters. The number of anilines is 1. The molecule has 0 aliphatic heterocycles. The summed E-state index contributed by atoms with van der Waals surface area (Å²) in [5.41, 5.74) is 6.38. The van der Waals surface area contributed by atoms with Crippen molar-refractivity contribution in [3.05, 3.63) is 58.6 Å². The Morgan fingerprint density at radius 2 is 2.12 bits per heavy atom. The van der Waals surface area contributed by atoms with Crippen LogP contribution in [0.2, 0.25) is 5.02 Å². The van der Waals surface area contributed by atoms with Gasteiger partial charge < -0.3 is 14.6 Å². The number of thioether (sulfide) groups is 1. The van der Waals surface area contributed by atoms with E-state index in [-0.39, 0.29) is 5.75 Å². The fraction of sp³-hybridized carbons (Fsp3) is 0.222. The molecule has 0 aliphatic carbocycles. The Labute approximate surface area is 156 Å². The average Bonchev–Trinajstić information content (AvgIpc) is 2.59. The van der Waals surface area contributed by atoms with Gasteiger partial charge >= 0.3 is 0 Å². The zero-order valence-electron chi connectivity index (χ0n) is 13.9. The lowest BCUT2D eigenvalue weighted by atomic mass is 10.1. The van der Waals surface area contributed by atoms with Crippen molar-refractivity contribution in [1.82, 2.24) is 0 Å². The van der Waals surface area contributed by atoms with Crippen molar-refractivity contribution in [2.75, 3.05) is 18.3 Å². The molecule has 0 heterocycles. The smallest absolute Gasteiger partial charge is 0.122 e. The van der Waals surface area contributed by atoms with Crippen molar-refractivity contribution in [3.8, 4) is 5.75 Å². The zero-order valence-corrected chi connectivity index (χ0v) is 15.5. The van der Waals surface area contributed by atoms with Crippen LogP contribution in [0.3, 0.4) is 0 Å². The fourth-order valence-corrected chi connectivity index (χ4v) is 3.04. The number of aliphatic carboxylic acids is 1. The Kier molecular flexibility index (Phi) is 7.16. The molecule has 0 amide bonds. The number of methoxy groups -OCH3 is 1. The number of carbonyl (C=O) groups excluding carboxylic acids is 1. The van der Waals surface area contributed by atoms with Crippen molar-refractivity contribution < 1.29 is 14.6 Å². The molecule has 2 aromatic rings. The lowest BCUT2D eigenvalue weighted by Crippen LogP contribution is -2.24. The summed E-state index contributed by atoms with van der Waals surface area (Å²) in [6.07, 6.45) is 0. The second-order valence-corrected chi connectivity index (χ2v) is 6.63. The van der Waals surface area contributed by atoms with Gasteiger partial charge in [0.2, 0.25) is 0 Å². The van der Waals surface area contributed by atoms with Gasteiger partial charge in [-0.3, -0.25) is 5.43 Å². The Bertz CT molecular complexity index is 781. The van der Waals surface area contributed by atoms with E-state index in [0.29, 0.717) is 16.5 Å². The van der Waals surface area contributed by atoms with E-state index in [0.717, 1.165) is 22.5 Å². The third kappa shape index (κ3) is 5.99. The number of nitrogens with zero attached hydrogens (tertiary/aromatic N) is 1. The van der Waals surface area contributed by atoms with Gasteiger partial charge in [-0.1, -0.05) is 17.7 Å². The summed E-state index contributed by atoms with van der Waals surface area (Å²) >= 11 is 7.22. The van der Waals surface area contributed by atoms with Crippen LogP contribution in [-0.2, 0) is 10.5 Å². The van der Waals surface area contributed by atoms with Gasteiger partial charge in [0.05, 0.1) is 24.5 Å². The van der Waals surface area contributed by atoms with E-state index < -0.39 is 5.97 Å². The van der Waals surface area contributed by atoms with Crippen molar-refractivity contribution in [2.24, 2.45) is 5.10 Å². The Morgan fingerprint density at radius 3 is 2.80 bits per heavy atom. The molecule has 2 aromatic carbocycles. The molecule has 0 saturated carbocycles. The minimum absolute atomic E-state index is 0.0588. The van der Waals surface area contributed by atoms with Crippen LogP contribution in [0.5, 0.6) is 5.75 Å². The summed E-state index contributed by atoms with van der Waals surface area (Å²) in [5.74, 6) is 0.0883. The minimum Gasteiger partial charge on any atom is -0.549 e. The van der Waals surface area contributed by atoms with Crippen molar-refractivity contribution in [3.63, 3.8) is 0 Å². The first-order chi connectivity index (χ1) is 12.0. The minimum atomic E-state index is -1.08. The predicted molar refractivity (Wildman–Crippen MR) is 101 cm³/mol. The molecule has 0 saturated heterocycles. The lowest BCUT2D eigenvalue weighted by molar-refractivity contribution is -0.301. The highest BCUT2D eigenvalue weighted by atomic mass is 35.5. The van der Waals surface area contributed by atoms with Crippen LogP contribution in [0.1, 0.15) is 18.1 Å². The molecule has 132 valence electrons. The second kappa shape index (κ2) is 9.34. The number of carboxylic acids is 1. The second-order valence-electron chi connectivity index (χ2n) is 5.21. The molecule has 0 fully saturated rings. The molecule has 2 rings (SSSR count). The van der Waals surface area contributed by atoms with Gasteiger partial charge in [0.25, 0.3) is 0 Å². The van der Waals surface area contributed by atoms with Crippen LogP contribution in [0.15, 0.2) is 47.6 Å². The number of hydrogen-bond acceptors (Lipinski definition) is 6. The quantitative estimate of drug-likeness (QED) is 0.565. The van der Waals surface area contributed by atoms with Crippen LogP contribution in [0.4, 0.5) is 5.69 Å². The monoisotopic (exact) mass is 377 g/mol.